The number of pyridine rings is 1. The Balaban J connectivity index is 1.32. The number of hydrogen-bond acceptors (Lipinski definition) is 5. The first-order chi connectivity index (χ1) is 19.6. The first-order valence-electron chi connectivity index (χ1n) is 12.3. The fraction of sp³-hybridized carbons (Fsp3) is 0.138. The van der Waals surface area contributed by atoms with Gasteiger partial charge < -0.3 is 5.32 Å². The smallest absolute Gasteiger partial charge is 0.356 e. The van der Waals surface area contributed by atoms with Crippen LogP contribution in [0, 0.1) is 6.07 Å². The standard InChI is InChI=1S/C29H21F3N5O3S/c30-29(31,32)19-8-5-6-17(14-19)15-20(16-37-26(39)22-10-3-4-11-23(22)27(37)40)34-28(41)36-35-25(38)24-21-9-2-1-7-18(21)12-13-33-24/h2-14,20H,15-16H2,(H,35,38)(H2,34,36,41)/t20-/m0/s1. The van der Waals surface area contributed by atoms with Crippen molar-refractivity contribution in [2.24, 2.45) is 0 Å². The molecule has 2 heterocycles. The van der Waals surface area contributed by atoms with Crippen LogP contribution in [0.3, 0.4) is 0 Å². The average molecular weight is 577 g/mol. The first-order valence-corrected chi connectivity index (χ1v) is 12.8. The molecule has 1 aromatic heterocycles. The van der Waals surface area contributed by atoms with Crippen molar-refractivity contribution in [2.45, 2.75) is 18.6 Å². The van der Waals surface area contributed by atoms with Gasteiger partial charge >= 0.3 is 6.18 Å². The van der Waals surface area contributed by atoms with Crippen LogP contribution in [-0.2, 0) is 12.6 Å². The van der Waals surface area contributed by atoms with E-state index in [1.807, 2.05) is 0 Å². The molecule has 8 nitrogen and oxygen atoms in total. The maximum Gasteiger partial charge on any atom is 0.416 e. The number of nitrogens with zero attached hydrogens (tertiary/aromatic N) is 2. The molecule has 3 N–H and O–H groups in total. The molecule has 0 saturated heterocycles. The minimum Gasteiger partial charge on any atom is -0.356 e. The van der Waals surface area contributed by atoms with Crippen molar-refractivity contribution in [2.75, 3.05) is 6.54 Å². The fourth-order valence-corrected chi connectivity index (χ4v) is 4.80. The maximum atomic E-state index is 13.3. The normalized spacial score (nSPS) is 13.6. The quantitative estimate of drug-likeness (QED) is 0.181. The van der Waals surface area contributed by atoms with Crippen molar-refractivity contribution in [3.05, 3.63) is 113 Å². The van der Waals surface area contributed by atoms with Crippen LogP contribution < -0.4 is 16.2 Å². The summed E-state index contributed by atoms with van der Waals surface area (Å²) in [6.45, 7) is -0.195. The van der Waals surface area contributed by atoms with Gasteiger partial charge in [-0.3, -0.25) is 35.1 Å². The average Bonchev–Trinajstić information content (AvgIpc) is 3.20. The highest BCUT2D eigenvalue weighted by atomic mass is 32.1. The van der Waals surface area contributed by atoms with Crippen molar-refractivity contribution in [1.82, 2.24) is 26.1 Å². The number of amides is 3. The van der Waals surface area contributed by atoms with E-state index in [0.29, 0.717) is 10.9 Å². The van der Waals surface area contributed by atoms with Gasteiger partial charge in [0.25, 0.3) is 17.7 Å². The van der Waals surface area contributed by atoms with Gasteiger partial charge in [0, 0.05) is 18.1 Å². The molecule has 0 saturated carbocycles. The van der Waals surface area contributed by atoms with Crippen molar-refractivity contribution in [3.8, 4) is 0 Å². The van der Waals surface area contributed by atoms with Gasteiger partial charge in [-0.15, -0.1) is 0 Å². The Hall–Kier alpha value is -4.84. The Labute approximate surface area is 237 Å². The molecule has 207 valence electrons. The van der Waals surface area contributed by atoms with E-state index in [-0.39, 0.29) is 34.9 Å². The lowest BCUT2D eigenvalue weighted by atomic mass is 10.0. The maximum absolute atomic E-state index is 13.3. The summed E-state index contributed by atoms with van der Waals surface area (Å²) >= 11 is 5.33. The Morgan fingerprint density at radius 1 is 1.00 bits per heavy atom. The van der Waals surface area contributed by atoms with Crippen molar-refractivity contribution < 1.29 is 27.6 Å². The second kappa shape index (κ2) is 11.3. The number of fused-ring (bicyclic) bond motifs is 2. The van der Waals surface area contributed by atoms with Crippen molar-refractivity contribution in [3.63, 3.8) is 0 Å². The summed E-state index contributed by atoms with van der Waals surface area (Å²) in [5.74, 6) is -1.62. The van der Waals surface area contributed by atoms with Crippen LogP contribution in [0.1, 0.15) is 42.3 Å². The second-order valence-corrected chi connectivity index (χ2v) is 9.63. The number of hydrogen-bond donors (Lipinski definition) is 3. The van der Waals surface area contributed by atoms with Gasteiger partial charge in [-0.1, -0.05) is 42.5 Å². The van der Waals surface area contributed by atoms with E-state index in [4.69, 9.17) is 12.2 Å². The number of nitrogens with one attached hydrogen (secondary N) is 3. The summed E-state index contributed by atoms with van der Waals surface area (Å²) in [5.41, 5.74) is 5.11. The number of halogens is 3. The summed E-state index contributed by atoms with van der Waals surface area (Å²) in [4.78, 5) is 43.9. The molecule has 4 aromatic rings. The number of hydrazine groups is 1. The monoisotopic (exact) mass is 576 g/mol. The molecule has 41 heavy (non-hydrogen) atoms. The van der Waals surface area contributed by atoms with E-state index < -0.39 is 35.5 Å². The molecule has 5 rings (SSSR count). The number of alkyl halides is 3. The summed E-state index contributed by atoms with van der Waals surface area (Å²) in [6.07, 6.45) is -3.08. The molecule has 0 bridgehead atoms. The topological polar surface area (TPSA) is 103 Å². The molecule has 1 atom stereocenters. The third-order valence-electron chi connectivity index (χ3n) is 6.47. The minimum atomic E-state index is -4.55. The van der Waals surface area contributed by atoms with Crippen LogP contribution in [0.2, 0.25) is 0 Å². The molecule has 3 amide bonds. The van der Waals surface area contributed by atoms with Crippen molar-refractivity contribution >= 4 is 45.8 Å². The van der Waals surface area contributed by atoms with E-state index in [2.05, 4.69) is 27.2 Å². The zero-order valence-corrected chi connectivity index (χ0v) is 22.0. The van der Waals surface area contributed by atoms with Gasteiger partial charge in [-0.05, 0) is 66.0 Å². The third kappa shape index (κ3) is 6.02. The molecule has 1 aliphatic rings. The molecule has 0 fully saturated rings. The Kier molecular flexibility index (Phi) is 7.66. The highest BCUT2D eigenvalue weighted by Crippen LogP contribution is 2.30. The summed E-state index contributed by atoms with van der Waals surface area (Å²) < 4.78 is 40.0. The van der Waals surface area contributed by atoms with E-state index in [1.165, 1.54) is 30.5 Å². The van der Waals surface area contributed by atoms with Crippen LogP contribution in [-0.4, -0.2) is 45.3 Å². The van der Waals surface area contributed by atoms with Gasteiger partial charge in [0.15, 0.2) is 5.11 Å². The van der Waals surface area contributed by atoms with Gasteiger partial charge in [-0.2, -0.15) is 13.2 Å². The van der Waals surface area contributed by atoms with Crippen LogP contribution in [0.25, 0.3) is 10.8 Å². The number of aromatic nitrogens is 1. The van der Waals surface area contributed by atoms with Gasteiger partial charge in [0.05, 0.1) is 22.7 Å². The highest BCUT2D eigenvalue weighted by Gasteiger charge is 2.37. The lowest BCUT2D eigenvalue weighted by Gasteiger charge is -2.25. The molecule has 3 aromatic carbocycles. The van der Waals surface area contributed by atoms with E-state index in [1.54, 1.807) is 36.4 Å². The lowest BCUT2D eigenvalue weighted by molar-refractivity contribution is -0.137. The third-order valence-corrected chi connectivity index (χ3v) is 6.69. The molecule has 12 heteroatoms. The van der Waals surface area contributed by atoms with Gasteiger partial charge in [0.1, 0.15) is 5.69 Å². The zero-order chi connectivity index (χ0) is 29.1. The number of carbonyl (C=O) groups is 3. The molecule has 0 aliphatic carbocycles. The van der Waals surface area contributed by atoms with Crippen LogP contribution in [0.5, 0.6) is 0 Å². The Bertz CT molecular complexity index is 1640. The number of thiocarbonyl (C=S) groups is 1. The molecule has 0 unspecified atom stereocenters. The van der Waals surface area contributed by atoms with Crippen LogP contribution >= 0.6 is 12.2 Å². The minimum absolute atomic E-state index is 0.0194. The van der Waals surface area contributed by atoms with Crippen LogP contribution in [0.4, 0.5) is 13.2 Å². The highest BCUT2D eigenvalue weighted by molar-refractivity contribution is 7.80. The number of imide groups is 1. The molecular formula is C29H21F3N5O3S. The fourth-order valence-electron chi connectivity index (χ4n) is 4.58. The molecule has 0 spiro atoms. The number of rotatable bonds is 6. The van der Waals surface area contributed by atoms with E-state index >= 15 is 0 Å². The lowest BCUT2D eigenvalue weighted by Crippen LogP contribution is -2.53. The molecular weight excluding hydrogens is 555 g/mol. The molecule has 1 radical (unpaired) electrons. The Morgan fingerprint density at radius 2 is 1.73 bits per heavy atom. The second-order valence-electron chi connectivity index (χ2n) is 9.23. The molecule has 1 aliphatic heterocycles. The number of carbonyl (C=O) groups excluding carboxylic acids is 3. The van der Waals surface area contributed by atoms with E-state index in [9.17, 15) is 27.6 Å². The predicted molar refractivity (Wildman–Crippen MR) is 148 cm³/mol. The zero-order valence-electron chi connectivity index (χ0n) is 21.2. The summed E-state index contributed by atoms with van der Waals surface area (Å²) in [6, 6.07) is 20.0. The van der Waals surface area contributed by atoms with E-state index in [0.717, 1.165) is 22.4 Å². The first kappa shape index (κ1) is 27.7. The summed E-state index contributed by atoms with van der Waals surface area (Å²) in [7, 11) is 0. The summed E-state index contributed by atoms with van der Waals surface area (Å²) in [5, 5.41) is 4.19. The largest absolute Gasteiger partial charge is 0.416 e. The number of benzene rings is 3. The van der Waals surface area contributed by atoms with Crippen molar-refractivity contribution in [1.29, 1.82) is 0 Å². The predicted octanol–water partition coefficient (Wildman–Crippen LogP) is 4.07. The van der Waals surface area contributed by atoms with Gasteiger partial charge in [0.2, 0.25) is 0 Å². The SMILES string of the molecule is O=C(NNC(=S)N[C@@H](Cc1cccc(C(F)(F)F)c1)CN1C(=O)c2ccccc2C1=O)c1nccc2c[c]ccc12. The van der Waals surface area contributed by atoms with Crippen LogP contribution in [0.15, 0.2) is 79.0 Å². The Morgan fingerprint density at radius 3 is 2.44 bits per heavy atom. The van der Waals surface area contributed by atoms with Gasteiger partial charge in [-0.25, -0.2) is 0 Å².